The molecular formula is C11H10Cl2N2. The molecule has 1 N–H and O–H groups in total. The highest BCUT2D eigenvalue weighted by Crippen LogP contribution is 2.17. The minimum absolute atomic E-state index is 0.540. The molecule has 0 radical (unpaired) electrons. The molecule has 0 aliphatic heterocycles. The first-order chi connectivity index (χ1) is 7.13. The van der Waals surface area contributed by atoms with E-state index in [-0.39, 0.29) is 0 Å². The van der Waals surface area contributed by atoms with Crippen LogP contribution in [0.4, 0.5) is 0 Å². The summed E-state index contributed by atoms with van der Waals surface area (Å²) in [4.78, 5) is 0. The number of hydrogen-bond acceptors (Lipinski definition) is 2. The molecule has 4 heteroatoms. The van der Waals surface area contributed by atoms with Crippen LogP contribution in [-0.4, -0.2) is 6.54 Å². The number of hydrogen-bond donors (Lipinski definition) is 1. The summed E-state index contributed by atoms with van der Waals surface area (Å²) in [6.07, 6.45) is 0. The van der Waals surface area contributed by atoms with E-state index in [1.807, 2.05) is 12.1 Å². The van der Waals surface area contributed by atoms with E-state index in [0.717, 1.165) is 5.56 Å². The van der Waals surface area contributed by atoms with Gasteiger partial charge in [-0.3, -0.25) is 0 Å². The molecule has 2 nitrogen and oxygen atoms in total. The zero-order valence-electron chi connectivity index (χ0n) is 8.06. The van der Waals surface area contributed by atoms with Crippen molar-refractivity contribution in [2.75, 3.05) is 6.54 Å². The van der Waals surface area contributed by atoms with Crippen molar-refractivity contribution in [3.63, 3.8) is 0 Å². The lowest BCUT2D eigenvalue weighted by Crippen LogP contribution is -2.14. The highest BCUT2D eigenvalue weighted by molar-refractivity contribution is 6.31. The maximum absolute atomic E-state index is 8.65. The summed E-state index contributed by atoms with van der Waals surface area (Å²) in [6, 6.07) is 7.23. The summed E-state index contributed by atoms with van der Waals surface area (Å²) in [5.74, 6) is 0. The van der Waals surface area contributed by atoms with Crippen LogP contribution in [0.15, 0.2) is 29.8 Å². The zero-order chi connectivity index (χ0) is 11.3. The topological polar surface area (TPSA) is 35.8 Å². The molecule has 0 unspecified atom stereocenters. The van der Waals surface area contributed by atoms with Crippen molar-refractivity contribution in [1.82, 2.24) is 5.32 Å². The number of benzene rings is 1. The summed E-state index contributed by atoms with van der Waals surface area (Å²) in [5.41, 5.74) is 1.50. The second-order valence-electron chi connectivity index (χ2n) is 3.04. The first kappa shape index (κ1) is 12.1. The van der Waals surface area contributed by atoms with Crippen LogP contribution in [0.25, 0.3) is 0 Å². The standard InChI is InChI=1S/C11H10Cl2N2/c1-8(12)6-15-7-10-3-2-9(5-14)4-11(10)13/h2-4,15H,1,6-7H2. The lowest BCUT2D eigenvalue weighted by molar-refractivity contribution is 0.755. The van der Waals surface area contributed by atoms with E-state index in [9.17, 15) is 0 Å². The molecule has 0 amide bonds. The van der Waals surface area contributed by atoms with Gasteiger partial charge < -0.3 is 5.32 Å². The maximum atomic E-state index is 8.65. The van der Waals surface area contributed by atoms with Gasteiger partial charge in [0.05, 0.1) is 11.6 Å². The molecule has 0 spiro atoms. The first-order valence-electron chi connectivity index (χ1n) is 4.36. The summed E-state index contributed by atoms with van der Waals surface area (Å²) in [5, 5.41) is 12.9. The second kappa shape index (κ2) is 5.77. The van der Waals surface area contributed by atoms with Crippen molar-refractivity contribution in [3.05, 3.63) is 46.0 Å². The summed E-state index contributed by atoms with van der Waals surface area (Å²) in [7, 11) is 0. The van der Waals surface area contributed by atoms with Gasteiger partial charge in [0.15, 0.2) is 0 Å². The molecule has 0 atom stereocenters. The van der Waals surface area contributed by atoms with Gasteiger partial charge in [-0.15, -0.1) is 0 Å². The third-order valence-corrected chi connectivity index (χ3v) is 2.30. The minimum atomic E-state index is 0.540. The van der Waals surface area contributed by atoms with E-state index in [1.165, 1.54) is 0 Å². The van der Waals surface area contributed by atoms with E-state index in [4.69, 9.17) is 28.5 Å². The predicted octanol–water partition coefficient (Wildman–Crippen LogP) is 3.05. The van der Waals surface area contributed by atoms with E-state index in [1.54, 1.807) is 12.1 Å². The summed E-state index contributed by atoms with van der Waals surface area (Å²) in [6.45, 7) is 4.71. The summed E-state index contributed by atoms with van der Waals surface area (Å²) >= 11 is 11.6. The number of halogens is 2. The second-order valence-corrected chi connectivity index (χ2v) is 3.98. The molecule has 0 bridgehead atoms. The monoisotopic (exact) mass is 240 g/mol. The molecule has 0 fully saturated rings. The van der Waals surface area contributed by atoms with Gasteiger partial charge in [-0.05, 0) is 17.7 Å². The van der Waals surface area contributed by atoms with Gasteiger partial charge in [-0.25, -0.2) is 0 Å². The van der Waals surface area contributed by atoms with Crippen molar-refractivity contribution in [2.45, 2.75) is 6.54 Å². The van der Waals surface area contributed by atoms with Gasteiger partial charge in [0.1, 0.15) is 0 Å². The Kier molecular flexibility index (Phi) is 4.64. The molecule has 0 heterocycles. The van der Waals surface area contributed by atoms with Crippen LogP contribution in [0.3, 0.4) is 0 Å². The fourth-order valence-electron chi connectivity index (χ4n) is 1.09. The number of nitriles is 1. The van der Waals surface area contributed by atoms with Gasteiger partial charge in [-0.2, -0.15) is 5.26 Å². The quantitative estimate of drug-likeness (QED) is 0.879. The average Bonchev–Trinajstić information content (AvgIpc) is 2.20. The molecule has 15 heavy (non-hydrogen) atoms. The molecular weight excluding hydrogens is 231 g/mol. The van der Waals surface area contributed by atoms with Crippen LogP contribution < -0.4 is 5.32 Å². The number of nitrogens with one attached hydrogen (secondary N) is 1. The lowest BCUT2D eigenvalue weighted by atomic mass is 10.1. The van der Waals surface area contributed by atoms with Gasteiger partial charge in [0, 0.05) is 23.1 Å². The van der Waals surface area contributed by atoms with E-state index < -0.39 is 0 Å². The van der Waals surface area contributed by atoms with Crippen LogP contribution in [-0.2, 0) is 6.54 Å². The van der Waals surface area contributed by atoms with Crippen molar-refractivity contribution in [1.29, 1.82) is 5.26 Å². The molecule has 78 valence electrons. The van der Waals surface area contributed by atoms with Gasteiger partial charge in [0.25, 0.3) is 0 Å². The van der Waals surface area contributed by atoms with Crippen LogP contribution in [0.5, 0.6) is 0 Å². The predicted molar refractivity (Wildman–Crippen MR) is 62.9 cm³/mol. The van der Waals surface area contributed by atoms with Crippen molar-refractivity contribution in [3.8, 4) is 6.07 Å². The van der Waals surface area contributed by atoms with Crippen LogP contribution in [0.2, 0.25) is 5.02 Å². The van der Waals surface area contributed by atoms with E-state index in [2.05, 4.69) is 11.9 Å². The molecule has 1 aromatic carbocycles. The van der Waals surface area contributed by atoms with Crippen molar-refractivity contribution >= 4 is 23.2 Å². The Morgan fingerprint density at radius 1 is 1.53 bits per heavy atom. The molecule has 0 aromatic heterocycles. The Morgan fingerprint density at radius 2 is 2.27 bits per heavy atom. The zero-order valence-corrected chi connectivity index (χ0v) is 9.57. The Morgan fingerprint density at radius 3 is 2.80 bits per heavy atom. The normalized spacial score (nSPS) is 9.67. The fourth-order valence-corrected chi connectivity index (χ4v) is 1.43. The van der Waals surface area contributed by atoms with Gasteiger partial charge in [0.2, 0.25) is 0 Å². The third-order valence-electron chi connectivity index (χ3n) is 1.81. The van der Waals surface area contributed by atoms with Crippen LogP contribution >= 0.6 is 23.2 Å². The number of rotatable bonds is 4. The average molecular weight is 241 g/mol. The Labute approximate surface area is 99.1 Å². The van der Waals surface area contributed by atoms with Crippen LogP contribution in [0.1, 0.15) is 11.1 Å². The minimum Gasteiger partial charge on any atom is -0.308 e. The molecule has 1 rings (SSSR count). The molecule has 0 saturated carbocycles. The molecule has 0 saturated heterocycles. The van der Waals surface area contributed by atoms with Gasteiger partial charge in [-0.1, -0.05) is 35.8 Å². The van der Waals surface area contributed by atoms with Crippen LogP contribution in [0, 0.1) is 11.3 Å². The Bertz CT molecular complexity index is 408. The first-order valence-corrected chi connectivity index (χ1v) is 5.11. The summed E-state index contributed by atoms with van der Waals surface area (Å²) < 4.78 is 0. The van der Waals surface area contributed by atoms with Gasteiger partial charge >= 0.3 is 0 Å². The fraction of sp³-hybridized carbons (Fsp3) is 0.182. The highest BCUT2D eigenvalue weighted by atomic mass is 35.5. The molecule has 1 aromatic rings. The lowest BCUT2D eigenvalue weighted by Gasteiger charge is -2.05. The van der Waals surface area contributed by atoms with E-state index in [0.29, 0.717) is 28.7 Å². The Hall–Kier alpha value is -1.01. The Balaban J connectivity index is 2.63. The smallest absolute Gasteiger partial charge is 0.0992 e. The van der Waals surface area contributed by atoms with E-state index >= 15 is 0 Å². The SMILES string of the molecule is C=C(Cl)CNCc1ccc(C#N)cc1Cl. The van der Waals surface area contributed by atoms with Crippen molar-refractivity contribution < 1.29 is 0 Å². The third kappa shape index (κ3) is 3.93. The molecule has 0 aliphatic carbocycles. The van der Waals surface area contributed by atoms with Crippen molar-refractivity contribution in [2.24, 2.45) is 0 Å². The highest BCUT2D eigenvalue weighted by Gasteiger charge is 2.01. The number of nitrogens with zero attached hydrogens (tertiary/aromatic N) is 1. The molecule has 0 aliphatic rings. The maximum Gasteiger partial charge on any atom is 0.0992 e. The largest absolute Gasteiger partial charge is 0.308 e.